The summed E-state index contributed by atoms with van der Waals surface area (Å²) >= 11 is 0. The molecule has 6 heteroatoms. The van der Waals surface area contributed by atoms with Crippen LogP contribution >= 0.6 is 0 Å². The van der Waals surface area contributed by atoms with Crippen LogP contribution in [0.3, 0.4) is 0 Å². The molecule has 0 spiro atoms. The molecule has 3 aromatic carbocycles. The van der Waals surface area contributed by atoms with E-state index in [2.05, 4.69) is 14.8 Å². The zero-order valence-corrected chi connectivity index (χ0v) is 16.2. The molecule has 1 N–H and O–H groups in total. The van der Waals surface area contributed by atoms with Crippen molar-refractivity contribution >= 4 is 5.69 Å². The van der Waals surface area contributed by atoms with Gasteiger partial charge in [0.2, 0.25) is 0 Å². The number of aromatic nitrogens is 2. The highest BCUT2D eigenvalue weighted by atomic mass is 19.1. The summed E-state index contributed by atoms with van der Waals surface area (Å²) in [5, 5.41) is 0. The second kappa shape index (κ2) is 8.50. The van der Waals surface area contributed by atoms with Crippen LogP contribution in [0, 0.1) is 12.4 Å². The van der Waals surface area contributed by atoms with Gasteiger partial charge in [-0.05, 0) is 29.8 Å². The molecule has 1 heterocycles. The Morgan fingerprint density at radius 3 is 2.63 bits per heavy atom. The van der Waals surface area contributed by atoms with Crippen LogP contribution in [-0.4, -0.2) is 17.1 Å². The summed E-state index contributed by atoms with van der Waals surface area (Å²) < 4.78 is 24.9. The second-order valence-electron chi connectivity index (χ2n) is 6.58. The van der Waals surface area contributed by atoms with Gasteiger partial charge in [-0.1, -0.05) is 36.4 Å². The molecule has 30 heavy (non-hydrogen) atoms. The maximum atomic E-state index is 13.5. The molecule has 0 aliphatic heterocycles. The van der Waals surface area contributed by atoms with E-state index >= 15 is 0 Å². The molecule has 0 saturated heterocycles. The van der Waals surface area contributed by atoms with Gasteiger partial charge in [0.05, 0.1) is 25.6 Å². The van der Waals surface area contributed by atoms with Crippen molar-refractivity contribution in [1.82, 2.24) is 9.97 Å². The lowest BCUT2D eigenvalue weighted by Gasteiger charge is -2.11. The van der Waals surface area contributed by atoms with Crippen LogP contribution in [0.15, 0.2) is 72.9 Å². The van der Waals surface area contributed by atoms with E-state index in [9.17, 15) is 4.39 Å². The van der Waals surface area contributed by atoms with E-state index in [0.717, 1.165) is 16.8 Å². The van der Waals surface area contributed by atoms with Gasteiger partial charge in [-0.15, -0.1) is 0 Å². The molecule has 0 saturated carbocycles. The van der Waals surface area contributed by atoms with Crippen molar-refractivity contribution in [3.05, 3.63) is 95.7 Å². The molecule has 148 valence electrons. The molecule has 0 bridgehead atoms. The maximum Gasteiger partial charge on any atom is 0.187 e. The third-order valence-corrected chi connectivity index (χ3v) is 4.61. The summed E-state index contributed by atoms with van der Waals surface area (Å²) in [6, 6.07) is 19.1. The first-order chi connectivity index (χ1) is 14.7. The fourth-order valence-electron chi connectivity index (χ4n) is 3.06. The standard InChI is InChI=1S/C24H18FN3O2/c1-26-19-8-6-16(7-9-19)15-30-20-10-11-21(23(13-20)29-2)22-14-27-24(28-22)17-4-3-5-18(25)12-17/h3-14H,15H2,2H3,(H,27,28). The number of ether oxygens (including phenoxy) is 2. The number of nitrogens with one attached hydrogen (secondary N) is 1. The number of imidazole rings is 1. The van der Waals surface area contributed by atoms with Gasteiger partial charge in [0.15, 0.2) is 5.69 Å². The van der Waals surface area contributed by atoms with Crippen LogP contribution in [0.5, 0.6) is 11.5 Å². The molecule has 0 aliphatic carbocycles. The Kier molecular flexibility index (Phi) is 5.44. The van der Waals surface area contributed by atoms with E-state index in [4.69, 9.17) is 16.0 Å². The number of rotatable bonds is 6. The molecule has 0 unspecified atom stereocenters. The monoisotopic (exact) mass is 399 g/mol. The zero-order chi connectivity index (χ0) is 20.9. The number of halogens is 1. The Balaban J connectivity index is 1.53. The number of H-pyrrole nitrogens is 1. The highest BCUT2D eigenvalue weighted by molar-refractivity contribution is 5.70. The van der Waals surface area contributed by atoms with Crippen LogP contribution < -0.4 is 9.47 Å². The predicted molar refractivity (Wildman–Crippen MR) is 113 cm³/mol. The molecule has 5 nitrogen and oxygen atoms in total. The van der Waals surface area contributed by atoms with Crippen molar-refractivity contribution < 1.29 is 13.9 Å². The molecule has 0 fully saturated rings. The van der Waals surface area contributed by atoms with Crippen molar-refractivity contribution in [2.24, 2.45) is 0 Å². The fraction of sp³-hybridized carbons (Fsp3) is 0.0833. The van der Waals surface area contributed by atoms with E-state index in [1.807, 2.05) is 30.3 Å². The van der Waals surface area contributed by atoms with Gasteiger partial charge in [-0.3, -0.25) is 0 Å². The largest absolute Gasteiger partial charge is 0.496 e. The Morgan fingerprint density at radius 1 is 1.07 bits per heavy atom. The average Bonchev–Trinajstić information content (AvgIpc) is 3.28. The van der Waals surface area contributed by atoms with Crippen LogP contribution in [0.25, 0.3) is 27.5 Å². The molecule has 4 rings (SSSR count). The second-order valence-corrected chi connectivity index (χ2v) is 6.58. The van der Waals surface area contributed by atoms with Crippen LogP contribution in [0.4, 0.5) is 10.1 Å². The zero-order valence-electron chi connectivity index (χ0n) is 16.2. The van der Waals surface area contributed by atoms with Crippen molar-refractivity contribution in [2.75, 3.05) is 7.11 Å². The minimum Gasteiger partial charge on any atom is -0.496 e. The van der Waals surface area contributed by atoms with E-state index in [1.165, 1.54) is 12.1 Å². The third kappa shape index (κ3) is 4.15. The molecule has 0 radical (unpaired) electrons. The Hall–Kier alpha value is -4.11. The first-order valence-electron chi connectivity index (χ1n) is 9.25. The van der Waals surface area contributed by atoms with Gasteiger partial charge in [0.1, 0.15) is 29.7 Å². The van der Waals surface area contributed by atoms with Crippen molar-refractivity contribution in [3.63, 3.8) is 0 Å². The van der Waals surface area contributed by atoms with Gasteiger partial charge in [0.25, 0.3) is 0 Å². The number of hydrogen-bond acceptors (Lipinski definition) is 3. The maximum absolute atomic E-state index is 13.5. The lowest BCUT2D eigenvalue weighted by atomic mass is 10.1. The highest BCUT2D eigenvalue weighted by Gasteiger charge is 2.12. The van der Waals surface area contributed by atoms with E-state index in [-0.39, 0.29) is 5.82 Å². The number of benzene rings is 3. The molecular formula is C24H18FN3O2. The lowest BCUT2D eigenvalue weighted by Crippen LogP contribution is -1.96. The van der Waals surface area contributed by atoms with Gasteiger partial charge in [0, 0.05) is 17.2 Å². The molecular weight excluding hydrogens is 381 g/mol. The quantitative estimate of drug-likeness (QED) is 0.403. The summed E-state index contributed by atoms with van der Waals surface area (Å²) in [7, 11) is 1.59. The molecule has 0 atom stereocenters. The third-order valence-electron chi connectivity index (χ3n) is 4.61. The number of methoxy groups -OCH3 is 1. The summed E-state index contributed by atoms with van der Waals surface area (Å²) in [6.07, 6.45) is 1.69. The number of nitrogens with zero attached hydrogens (tertiary/aromatic N) is 2. The topological polar surface area (TPSA) is 51.5 Å². The Labute approximate surface area is 173 Å². The summed E-state index contributed by atoms with van der Waals surface area (Å²) in [5.74, 6) is 1.56. The predicted octanol–water partition coefficient (Wildman–Crippen LogP) is 6.02. The Bertz CT molecular complexity index is 1210. The summed E-state index contributed by atoms with van der Waals surface area (Å²) in [5.41, 5.74) is 3.82. The van der Waals surface area contributed by atoms with Crippen molar-refractivity contribution in [2.45, 2.75) is 6.61 Å². The molecule has 1 aromatic heterocycles. The van der Waals surface area contributed by atoms with Crippen LogP contribution in [0.1, 0.15) is 5.56 Å². The molecule has 0 aliphatic rings. The molecule has 4 aromatic rings. The Morgan fingerprint density at radius 2 is 1.90 bits per heavy atom. The fourth-order valence-corrected chi connectivity index (χ4v) is 3.06. The van der Waals surface area contributed by atoms with E-state index in [1.54, 1.807) is 37.6 Å². The lowest BCUT2D eigenvalue weighted by molar-refractivity contribution is 0.304. The summed E-state index contributed by atoms with van der Waals surface area (Å²) in [6.45, 7) is 7.39. The first-order valence-corrected chi connectivity index (χ1v) is 9.25. The van der Waals surface area contributed by atoms with Gasteiger partial charge < -0.3 is 14.5 Å². The SMILES string of the molecule is [C-]#[N+]c1ccc(COc2ccc(-c3cnc(-c4cccc(F)c4)[nH]3)c(OC)c2)cc1. The van der Waals surface area contributed by atoms with Crippen LogP contribution in [-0.2, 0) is 6.61 Å². The highest BCUT2D eigenvalue weighted by Crippen LogP contribution is 2.33. The van der Waals surface area contributed by atoms with E-state index < -0.39 is 0 Å². The number of hydrogen-bond donors (Lipinski definition) is 1. The average molecular weight is 399 g/mol. The van der Waals surface area contributed by atoms with Crippen LogP contribution in [0.2, 0.25) is 0 Å². The first kappa shape index (κ1) is 19.2. The number of aromatic amines is 1. The molecule has 0 amide bonds. The van der Waals surface area contributed by atoms with Gasteiger partial charge in [-0.2, -0.15) is 0 Å². The normalized spacial score (nSPS) is 10.4. The minimum absolute atomic E-state index is 0.312. The summed E-state index contributed by atoms with van der Waals surface area (Å²) in [4.78, 5) is 11.0. The smallest absolute Gasteiger partial charge is 0.187 e. The minimum atomic E-state index is -0.312. The van der Waals surface area contributed by atoms with E-state index in [0.29, 0.717) is 35.2 Å². The van der Waals surface area contributed by atoms with Crippen molar-refractivity contribution in [3.8, 4) is 34.1 Å². The van der Waals surface area contributed by atoms with Gasteiger partial charge >= 0.3 is 0 Å². The van der Waals surface area contributed by atoms with Crippen molar-refractivity contribution in [1.29, 1.82) is 0 Å². The van der Waals surface area contributed by atoms with Gasteiger partial charge in [-0.25, -0.2) is 14.2 Å².